The van der Waals surface area contributed by atoms with Gasteiger partial charge in [-0.2, -0.15) is 10.2 Å². The number of hydrogen-bond acceptors (Lipinski definition) is 3. The molecule has 1 N–H and O–H groups in total. The van der Waals surface area contributed by atoms with Crippen molar-refractivity contribution in [3.8, 4) is 11.1 Å². The van der Waals surface area contributed by atoms with Crippen LogP contribution in [0.25, 0.3) is 11.1 Å². The molecule has 0 atom stereocenters. The van der Waals surface area contributed by atoms with Gasteiger partial charge in [-0.05, 0) is 68.0 Å². The Balaban J connectivity index is 1.30. The predicted molar refractivity (Wildman–Crippen MR) is 134 cm³/mol. The van der Waals surface area contributed by atoms with Crippen molar-refractivity contribution < 1.29 is 4.79 Å². The Morgan fingerprint density at radius 1 is 1.06 bits per heavy atom. The Morgan fingerprint density at radius 3 is 2.50 bits per heavy atom. The molecule has 1 aliphatic rings. The molecule has 1 aliphatic carbocycles. The van der Waals surface area contributed by atoms with E-state index in [1.54, 1.807) is 6.20 Å². The molecule has 6 nitrogen and oxygen atoms in total. The number of carbonyl (C=O) groups is 1. The maximum absolute atomic E-state index is 13.0. The van der Waals surface area contributed by atoms with Crippen molar-refractivity contribution >= 4 is 5.91 Å². The Hall–Kier alpha value is -3.67. The van der Waals surface area contributed by atoms with Crippen LogP contribution in [0.3, 0.4) is 0 Å². The monoisotopic (exact) mass is 453 g/mol. The second kappa shape index (κ2) is 8.93. The van der Waals surface area contributed by atoms with Crippen molar-refractivity contribution in [1.82, 2.24) is 24.9 Å². The van der Waals surface area contributed by atoms with Gasteiger partial charge in [0.25, 0.3) is 5.91 Å². The average molecular weight is 454 g/mol. The molecule has 0 aliphatic heterocycles. The quantitative estimate of drug-likeness (QED) is 0.410. The summed E-state index contributed by atoms with van der Waals surface area (Å²) in [6.45, 7) is 7.58. The van der Waals surface area contributed by atoms with Crippen molar-refractivity contribution in [3.05, 3.63) is 95.6 Å². The topological polar surface area (TPSA) is 64.7 Å². The first-order valence-corrected chi connectivity index (χ1v) is 11.9. The fourth-order valence-electron chi connectivity index (χ4n) is 4.31. The van der Waals surface area contributed by atoms with E-state index in [9.17, 15) is 4.79 Å². The molecule has 34 heavy (non-hydrogen) atoms. The minimum atomic E-state index is -0.146. The zero-order valence-electron chi connectivity index (χ0n) is 20.0. The third kappa shape index (κ3) is 4.81. The van der Waals surface area contributed by atoms with Gasteiger partial charge in [-0.25, -0.2) is 0 Å². The highest BCUT2D eigenvalue weighted by atomic mass is 16.1. The lowest BCUT2D eigenvalue weighted by Crippen LogP contribution is -2.27. The molecule has 5 rings (SSSR count). The predicted octanol–water partition coefficient (Wildman–Crippen LogP) is 5.36. The normalized spacial score (nSPS) is 13.7. The van der Waals surface area contributed by atoms with E-state index in [0.717, 1.165) is 23.2 Å². The summed E-state index contributed by atoms with van der Waals surface area (Å²) in [6, 6.07) is 20.6. The average Bonchev–Trinajstić information content (AvgIpc) is 3.34. The standard InChI is InChI=1S/C28H31N5O/c1-28(2,3)33-26(22-13-14-22)17-25(31-33)27(34)29-18-23-7-4-5-8-24(23)21-11-9-20(10-12-21)19-32-16-6-15-30-32/h4-12,15-17,22H,13-14,18-19H2,1-3H3,(H,29,34). The van der Waals surface area contributed by atoms with Gasteiger partial charge < -0.3 is 5.32 Å². The van der Waals surface area contributed by atoms with Crippen LogP contribution >= 0.6 is 0 Å². The maximum Gasteiger partial charge on any atom is 0.272 e. The van der Waals surface area contributed by atoms with Crippen LogP contribution in [0.5, 0.6) is 0 Å². The number of carbonyl (C=O) groups excluding carboxylic acids is 1. The first-order valence-electron chi connectivity index (χ1n) is 11.9. The summed E-state index contributed by atoms with van der Waals surface area (Å²) in [7, 11) is 0. The van der Waals surface area contributed by atoms with Gasteiger partial charge in [0.1, 0.15) is 5.69 Å². The van der Waals surface area contributed by atoms with Crippen LogP contribution in [0.2, 0.25) is 0 Å². The summed E-state index contributed by atoms with van der Waals surface area (Å²) >= 11 is 0. The van der Waals surface area contributed by atoms with E-state index in [-0.39, 0.29) is 11.4 Å². The molecule has 174 valence electrons. The van der Waals surface area contributed by atoms with Gasteiger partial charge in [0.2, 0.25) is 0 Å². The molecule has 0 spiro atoms. The molecule has 6 heteroatoms. The van der Waals surface area contributed by atoms with Crippen molar-refractivity contribution in [1.29, 1.82) is 0 Å². The third-order valence-electron chi connectivity index (χ3n) is 6.23. The van der Waals surface area contributed by atoms with Crippen molar-refractivity contribution in [3.63, 3.8) is 0 Å². The van der Waals surface area contributed by atoms with Crippen LogP contribution in [0, 0.1) is 0 Å². The summed E-state index contributed by atoms with van der Waals surface area (Å²) in [5, 5.41) is 12.0. The second-order valence-corrected chi connectivity index (χ2v) is 10.1. The Bertz CT molecular complexity index is 1280. The van der Waals surface area contributed by atoms with Gasteiger partial charge in [-0.3, -0.25) is 14.2 Å². The largest absolute Gasteiger partial charge is 0.347 e. The van der Waals surface area contributed by atoms with E-state index in [0.29, 0.717) is 18.2 Å². The molecule has 2 heterocycles. The number of nitrogens with one attached hydrogen (secondary N) is 1. The van der Waals surface area contributed by atoms with Crippen LogP contribution in [-0.4, -0.2) is 25.5 Å². The fraction of sp³-hybridized carbons (Fsp3) is 0.321. The highest BCUT2D eigenvalue weighted by molar-refractivity contribution is 5.92. The first-order chi connectivity index (χ1) is 16.4. The van der Waals surface area contributed by atoms with E-state index >= 15 is 0 Å². The second-order valence-electron chi connectivity index (χ2n) is 10.1. The number of aromatic nitrogens is 4. The van der Waals surface area contributed by atoms with E-state index in [2.05, 4.69) is 72.7 Å². The van der Waals surface area contributed by atoms with Crippen LogP contribution in [0.4, 0.5) is 0 Å². The molecule has 2 aromatic carbocycles. The summed E-state index contributed by atoms with van der Waals surface area (Å²) in [5.41, 5.74) is 6.04. The fourth-order valence-corrected chi connectivity index (χ4v) is 4.31. The van der Waals surface area contributed by atoms with Gasteiger partial charge in [0, 0.05) is 30.6 Å². The lowest BCUT2D eigenvalue weighted by atomic mass is 9.98. The van der Waals surface area contributed by atoms with Gasteiger partial charge in [-0.15, -0.1) is 0 Å². The van der Waals surface area contributed by atoms with Crippen molar-refractivity contribution in [2.24, 2.45) is 0 Å². The highest BCUT2D eigenvalue weighted by Gasteiger charge is 2.32. The van der Waals surface area contributed by atoms with Crippen LogP contribution in [0.15, 0.2) is 73.1 Å². The highest BCUT2D eigenvalue weighted by Crippen LogP contribution is 2.41. The number of amides is 1. The van der Waals surface area contributed by atoms with Crippen molar-refractivity contribution in [2.75, 3.05) is 0 Å². The molecule has 0 bridgehead atoms. The maximum atomic E-state index is 13.0. The van der Waals surface area contributed by atoms with Gasteiger partial charge in [-0.1, -0.05) is 48.5 Å². The molecule has 4 aromatic rings. The summed E-state index contributed by atoms with van der Waals surface area (Å²) in [4.78, 5) is 13.0. The molecule has 0 unspecified atom stereocenters. The molecular formula is C28H31N5O. The number of rotatable bonds is 7. The molecule has 0 saturated heterocycles. The van der Waals surface area contributed by atoms with E-state index in [1.807, 2.05) is 39.8 Å². The Kier molecular flexibility index (Phi) is 5.82. The lowest BCUT2D eigenvalue weighted by Gasteiger charge is -2.22. The Labute approximate surface area is 200 Å². The third-order valence-corrected chi connectivity index (χ3v) is 6.23. The van der Waals surface area contributed by atoms with Crippen LogP contribution < -0.4 is 5.32 Å². The Morgan fingerprint density at radius 2 is 1.82 bits per heavy atom. The zero-order chi connectivity index (χ0) is 23.7. The molecular weight excluding hydrogens is 422 g/mol. The van der Waals surface area contributed by atoms with Crippen molar-refractivity contribution in [2.45, 2.75) is 58.2 Å². The minimum Gasteiger partial charge on any atom is -0.347 e. The zero-order valence-corrected chi connectivity index (χ0v) is 20.0. The molecule has 1 amide bonds. The number of benzene rings is 2. The van der Waals surface area contributed by atoms with Crippen LogP contribution in [0.1, 0.15) is 66.8 Å². The molecule has 0 radical (unpaired) electrons. The van der Waals surface area contributed by atoms with Gasteiger partial charge in [0.05, 0.1) is 12.1 Å². The smallest absolute Gasteiger partial charge is 0.272 e. The lowest BCUT2D eigenvalue weighted by molar-refractivity contribution is 0.0944. The minimum absolute atomic E-state index is 0.130. The number of nitrogens with zero attached hydrogens (tertiary/aromatic N) is 4. The molecule has 1 fully saturated rings. The first kappa shape index (κ1) is 22.1. The van der Waals surface area contributed by atoms with E-state index in [1.165, 1.54) is 24.1 Å². The number of hydrogen-bond donors (Lipinski definition) is 1. The summed E-state index contributed by atoms with van der Waals surface area (Å²) < 4.78 is 3.94. The van der Waals surface area contributed by atoms with E-state index in [4.69, 9.17) is 0 Å². The van der Waals surface area contributed by atoms with E-state index < -0.39 is 0 Å². The van der Waals surface area contributed by atoms with Gasteiger partial charge >= 0.3 is 0 Å². The molecule has 1 saturated carbocycles. The summed E-state index contributed by atoms with van der Waals surface area (Å²) in [5.74, 6) is 0.402. The van der Waals surface area contributed by atoms with Gasteiger partial charge in [0.15, 0.2) is 0 Å². The SMILES string of the molecule is CC(C)(C)n1nc(C(=O)NCc2ccccc2-c2ccc(Cn3cccn3)cc2)cc1C1CC1. The summed E-state index contributed by atoms with van der Waals surface area (Å²) in [6.07, 6.45) is 6.11. The molecule has 2 aromatic heterocycles. The van der Waals surface area contributed by atoms with Crippen LogP contribution in [-0.2, 0) is 18.6 Å².